The number of carbonyl (C=O) groups excluding carboxylic acids is 2. The van der Waals surface area contributed by atoms with Crippen molar-refractivity contribution in [1.82, 2.24) is 5.32 Å². The minimum Gasteiger partial charge on any atom is -0.444 e. The Labute approximate surface area is 113 Å². The maximum atomic E-state index is 13.5. The normalized spacial score (nSPS) is 12.7. The smallest absolute Gasteiger partial charge is 0.408 e. The van der Waals surface area contributed by atoms with E-state index in [1.165, 1.54) is 0 Å². The molecule has 0 aliphatic heterocycles. The predicted octanol–water partition coefficient (Wildman–Crippen LogP) is 2.87. The lowest BCUT2D eigenvalue weighted by Gasteiger charge is -2.21. The van der Waals surface area contributed by atoms with Crippen molar-refractivity contribution in [2.45, 2.75) is 32.4 Å². The van der Waals surface area contributed by atoms with Gasteiger partial charge in [0.25, 0.3) is 0 Å². The summed E-state index contributed by atoms with van der Waals surface area (Å²) in [4.78, 5) is 22.4. The number of alkyl carbamates (subject to hydrolysis) is 1. The highest BCUT2D eigenvalue weighted by Crippen LogP contribution is 2.20. The van der Waals surface area contributed by atoms with Crippen molar-refractivity contribution in [1.29, 1.82) is 0 Å². The van der Waals surface area contributed by atoms with Crippen LogP contribution < -0.4 is 5.32 Å². The second-order valence-electron chi connectivity index (χ2n) is 5.05. The largest absolute Gasteiger partial charge is 0.444 e. The van der Waals surface area contributed by atoms with Crippen LogP contribution in [-0.2, 0) is 9.53 Å². The molecule has 0 heterocycles. The van der Waals surface area contributed by atoms with Crippen molar-refractivity contribution in [2.75, 3.05) is 0 Å². The number of hydrogen-bond acceptors (Lipinski definition) is 3. The maximum absolute atomic E-state index is 13.5. The Morgan fingerprint density at radius 3 is 2.25 bits per heavy atom. The predicted molar refractivity (Wildman–Crippen MR) is 64.5 cm³/mol. The van der Waals surface area contributed by atoms with Gasteiger partial charge in [0.1, 0.15) is 23.7 Å². The van der Waals surface area contributed by atoms with E-state index in [2.05, 4.69) is 5.32 Å². The van der Waals surface area contributed by atoms with Gasteiger partial charge in [0.2, 0.25) is 0 Å². The van der Waals surface area contributed by atoms with Crippen molar-refractivity contribution in [2.24, 2.45) is 0 Å². The number of halogens is 3. The summed E-state index contributed by atoms with van der Waals surface area (Å²) in [6.45, 7) is 4.79. The summed E-state index contributed by atoms with van der Waals surface area (Å²) in [5.74, 6) is -3.84. The molecule has 1 amide bonds. The fourth-order valence-electron chi connectivity index (χ4n) is 1.40. The molecule has 7 heteroatoms. The van der Waals surface area contributed by atoms with Gasteiger partial charge in [0, 0.05) is 11.6 Å². The zero-order valence-corrected chi connectivity index (χ0v) is 11.2. The summed E-state index contributed by atoms with van der Waals surface area (Å²) >= 11 is 0. The van der Waals surface area contributed by atoms with Crippen LogP contribution in [0.15, 0.2) is 12.1 Å². The Morgan fingerprint density at radius 2 is 1.75 bits per heavy atom. The standard InChI is InChI=1S/C13H14F3NO3/c1-13(2,3)20-12(19)17-11(6-18)7-4-9(15)10(16)5-8(7)14/h4-6,11H,1-3H3,(H,17,19). The number of ether oxygens (including phenoxy) is 1. The molecule has 0 saturated heterocycles. The lowest BCUT2D eigenvalue weighted by Crippen LogP contribution is -2.36. The van der Waals surface area contributed by atoms with Crippen LogP contribution in [0.5, 0.6) is 0 Å². The fourth-order valence-corrected chi connectivity index (χ4v) is 1.40. The molecule has 0 bridgehead atoms. The summed E-state index contributed by atoms with van der Waals surface area (Å²) in [6, 6.07) is -0.654. The van der Waals surface area contributed by atoms with Crippen LogP contribution in [0.4, 0.5) is 18.0 Å². The highest BCUT2D eigenvalue weighted by Gasteiger charge is 2.23. The monoisotopic (exact) mass is 289 g/mol. The summed E-state index contributed by atoms with van der Waals surface area (Å²) in [5.41, 5.74) is -1.30. The van der Waals surface area contributed by atoms with Crippen LogP contribution in [0.3, 0.4) is 0 Å². The summed E-state index contributed by atoms with van der Waals surface area (Å²) < 4.78 is 44.2. The third-order valence-corrected chi connectivity index (χ3v) is 2.18. The molecule has 0 fully saturated rings. The molecule has 1 aromatic rings. The van der Waals surface area contributed by atoms with E-state index >= 15 is 0 Å². The minimum atomic E-state index is -1.47. The van der Waals surface area contributed by atoms with Crippen LogP contribution in [0.1, 0.15) is 32.4 Å². The van der Waals surface area contributed by atoms with Crippen molar-refractivity contribution in [3.05, 3.63) is 35.1 Å². The Bertz CT molecular complexity index is 526. The Morgan fingerprint density at radius 1 is 1.20 bits per heavy atom. The van der Waals surface area contributed by atoms with Crippen LogP contribution in [-0.4, -0.2) is 18.0 Å². The van der Waals surface area contributed by atoms with Gasteiger partial charge in [-0.1, -0.05) is 0 Å². The molecule has 0 saturated carbocycles. The lowest BCUT2D eigenvalue weighted by molar-refractivity contribution is -0.109. The Balaban J connectivity index is 2.95. The fraction of sp³-hybridized carbons (Fsp3) is 0.385. The molecule has 0 spiro atoms. The van der Waals surface area contributed by atoms with Gasteiger partial charge in [0.15, 0.2) is 11.6 Å². The van der Waals surface area contributed by atoms with Crippen molar-refractivity contribution in [3.63, 3.8) is 0 Å². The van der Waals surface area contributed by atoms with Gasteiger partial charge in [-0.25, -0.2) is 18.0 Å². The molecule has 20 heavy (non-hydrogen) atoms. The first-order chi connectivity index (χ1) is 9.14. The van der Waals surface area contributed by atoms with E-state index in [0.717, 1.165) is 0 Å². The first-order valence-electron chi connectivity index (χ1n) is 5.73. The minimum absolute atomic E-state index is 0.194. The molecule has 0 aliphatic carbocycles. The molecule has 1 atom stereocenters. The number of amides is 1. The van der Waals surface area contributed by atoms with E-state index in [-0.39, 0.29) is 6.29 Å². The SMILES string of the molecule is CC(C)(C)OC(=O)NC(C=O)c1cc(F)c(F)cc1F. The molecule has 1 aromatic carbocycles. The molecule has 0 radical (unpaired) electrons. The number of aldehydes is 1. The van der Waals surface area contributed by atoms with Gasteiger partial charge in [0.05, 0.1) is 0 Å². The number of rotatable bonds is 3. The molecular formula is C13H14F3NO3. The van der Waals surface area contributed by atoms with Gasteiger partial charge >= 0.3 is 6.09 Å². The number of carbonyl (C=O) groups is 2. The quantitative estimate of drug-likeness (QED) is 0.687. The van der Waals surface area contributed by atoms with Crippen molar-refractivity contribution in [3.8, 4) is 0 Å². The van der Waals surface area contributed by atoms with Crippen LogP contribution in [0, 0.1) is 17.5 Å². The van der Waals surface area contributed by atoms with E-state index in [4.69, 9.17) is 4.74 Å². The zero-order chi connectivity index (χ0) is 15.5. The average molecular weight is 289 g/mol. The van der Waals surface area contributed by atoms with Crippen LogP contribution in [0.2, 0.25) is 0 Å². The van der Waals surface area contributed by atoms with Gasteiger partial charge in [-0.2, -0.15) is 0 Å². The summed E-state index contributed by atoms with van der Waals surface area (Å²) in [5, 5.41) is 2.07. The van der Waals surface area contributed by atoms with Gasteiger partial charge < -0.3 is 14.8 Å². The van der Waals surface area contributed by atoms with E-state index < -0.39 is 40.8 Å². The van der Waals surface area contributed by atoms with E-state index in [1.54, 1.807) is 20.8 Å². The van der Waals surface area contributed by atoms with Gasteiger partial charge in [-0.05, 0) is 26.8 Å². The molecular weight excluding hydrogens is 275 g/mol. The van der Waals surface area contributed by atoms with Gasteiger partial charge in [-0.3, -0.25) is 0 Å². The second-order valence-corrected chi connectivity index (χ2v) is 5.05. The first kappa shape index (κ1) is 16.0. The topological polar surface area (TPSA) is 55.4 Å². The third kappa shape index (κ3) is 4.25. The maximum Gasteiger partial charge on any atom is 0.408 e. The molecule has 1 unspecified atom stereocenters. The molecule has 1 rings (SSSR count). The lowest BCUT2D eigenvalue weighted by atomic mass is 10.1. The molecule has 0 aliphatic rings. The molecule has 1 N–H and O–H groups in total. The second kappa shape index (κ2) is 5.94. The number of benzene rings is 1. The van der Waals surface area contributed by atoms with Crippen molar-refractivity contribution < 1.29 is 27.5 Å². The molecule has 0 aromatic heterocycles. The average Bonchev–Trinajstić information content (AvgIpc) is 2.29. The van der Waals surface area contributed by atoms with E-state index in [9.17, 15) is 22.8 Å². The summed E-state index contributed by atoms with van der Waals surface area (Å²) in [7, 11) is 0. The highest BCUT2D eigenvalue weighted by molar-refractivity contribution is 5.74. The van der Waals surface area contributed by atoms with E-state index in [1.807, 2.05) is 0 Å². The molecule has 110 valence electrons. The highest BCUT2D eigenvalue weighted by atomic mass is 19.2. The first-order valence-corrected chi connectivity index (χ1v) is 5.73. The van der Waals surface area contributed by atoms with E-state index in [0.29, 0.717) is 12.1 Å². The third-order valence-electron chi connectivity index (χ3n) is 2.18. The summed E-state index contributed by atoms with van der Waals surface area (Å²) in [6.07, 6.45) is -0.779. The molecule has 4 nitrogen and oxygen atoms in total. The Hall–Kier alpha value is -2.05. The van der Waals surface area contributed by atoms with Crippen molar-refractivity contribution >= 4 is 12.4 Å². The van der Waals surface area contributed by atoms with Crippen LogP contribution >= 0.6 is 0 Å². The van der Waals surface area contributed by atoms with Gasteiger partial charge in [-0.15, -0.1) is 0 Å². The number of hydrogen-bond donors (Lipinski definition) is 1. The number of nitrogens with one attached hydrogen (secondary N) is 1. The van der Waals surface area contributed by atoms with Crippen LogP contribution in [0.25, 0.3) is 0 Å². The zero-order valence-electron chi connectivity index (χ0n) is 11.2. The Kier molecular flexibility index (Phi) is 4.75.